The van der Waals surface area contributed by atoms with Gasteiger partial charge in [-0.3, -0.25) is 4.79 Å². The Morgan fingerprint density at radius 2 is 1.21 bits per heavy atom. The molecular formula is C24H39NO3. The van der Waals surface area contributed by atoms with Gasteiger partial charge >= 0.3 is 5.97 Å². The lowest BCUT2D eigenvalue weighted by atomic mass is 10.0. The van der Waals surface area contributed by atoms with Crippen LogP contribution in [0.15, 0.2) is 24.3 Å². The van der Waals surface area contributed by atoms with Crippen molar-refractivity contribution in [1.29, 1.82) is 0 Å². The molecule has 0 bridgehead atoms. The van der Waals surface area contributed by atoms with Crippen molar-refractivity contribution in [2.75, 3.05) is 6.61 Å². The number of rotatable bonds is 17. The first-order valence-electron chi connectivity index (χ1n) is 11.2. The van der Waals surface area contributed by atoms with Crippen LogP contribution in [-0.2, 0) is 4.74 Å². The van der Waals surface area contributed by atoms with Gasteiger partial charge in [-0.25, -0.2) is 4.79 Å². The summed E-state index contributed by atoms with van der Waals surface area (Å²) in [6.07, 6.45) is 18.2. The van der Waals surface area contributed by atoms with E-state index in [-0.39, 0.29) is 0 Å². The lowest BCUT2D eigenvalue weighted by molar-refractivity contribution is 0.0497. The van der Waals surface area contributed by atoms with Crippen molar-refractivity contribution in [1.82, 2.24) is 0 Å². The maximum atomic E-state index is 12.0. The van der Waals surface area contributed by atoms with E-state index < -0.39 is 11.9 Å². The number of amides is 1. The van der Waals surface area contributed by atoms with Crippen LogP contribution >= 0.6 is 0 Å². The highest BCUT2D eigenvalue weighted by Gasteiger charge is 2.09. The summed E-state index contributed by atoms with van der Waals surface area (Å²) in [5.74, 6) is -0.931. The van der Waals surface area contributed by atoms with Crippen molar-refractivity contribution < 1.29 is 14.3 Å². The smallest absolute Gasteiger partial charge is 0.338 e. The fourth-order valence-electron chi connectivity index (χ4n) is 3.34. The maximum Gasteiger partial charge on any atom is 0.338 e. The van der Waals surface area contributed by atoms with Crippen molar-refractivity contribution in [2.24, 2.45) is 5.73 Å². The van der Waals surface area contributed by atoms with Gasteiger partial charge in [0.1, 0.15) is 0 Å². The summed E-state index contributed by atoms with van der Waals surface area (Å²) in [5.41, 5.74) is 5.93. The molecule has 0 fully saturated rings. The van der Waals surface area contributed by atoms with E-state index in [2.05, 4.69) is 6.92 Å². The Balaban J connectivity index is 1.92. The third-order valence-electron chi connectivity index (χ3n) is 5.11. The van der Waals surface area contributed by atoms with E-state index in [1.165, 1.54) is 83.1 Å². The van der Waals surface area contributed by atoms with Crippen molar-refractivity contribution in [3.05, 3.63) is 35.4 Å². The molecule has 0 aliphatic heterocycles. The molecule has 0 saturated heterocycles. The third-order valence-corrected chi connectivity index (χ3v) is 5.11. The zero-order valence-electron chi connectivity index (χ0n) is 17.7. The zero-order chi connectivity index (χ0) is 20.5. The number of nitrogens with two attached hydrogens (primary N) is 1. The monoisotopic (exact) mass is 389 g/mol. The number of ether oxygens (including phenoxy) is 1. The van der Waals surface area contributed by atoms with E-state index in [0.29, 0.717) is 17.7 Å². The highest BCUT2D eigenvalue weighted by Crippen LogP contribution is 2.13. The van der Waals surface area contributed by atoms with E-state index in [4.69, 9.17) is 10.5 Å². The standard InChI is InChI=1S/C24H39NO3/c1-2-3-4-5-6-7-8-9-10-11-12-13-14-15-19-28-24(27)22-18-16-17-21(20-22)23(25)26/h16-18,20H,2-15,19H2,1H3,(H2,25,26). The van der Waals surface area contributed by atoms with Crippen LogP contribution in [0.5, 0.6) is 0 Å². The number of esters is 1. The SMILES string of the molecule is CCCCCCCCCCCCCCCCOC(=O)c1cccc(C(N)=O)c1. The van der Waals surface area contributed by atoms with Crippen LogP contribution in [0.4, 0.5) is 0 Å². The average Bonchev–Trinajstić information content (AvgIpc) is 2.70. The van der Waals surface area contributed by atoms with Crippen molar-refractivity contribution in [3.8, 4) is 0 Å². The van der Waals surface area contributed by atoms with E-state index in [1.807, 2.05) is 0 Å². The lowest BCUT2D eigenvalue weighted by Crippen LogP contribution is -2.13. The normalized spacial score (nSPS) is 10.8. The second-order valence-electron chi connectivity index (χ2n) is 7.68. The van der Waals surface area contributed by atoms with Crippen LogP contribution in [0, 0.1) is 0 Å². The summed E-state index contributed by atoms with van der Waals surface area (Å²) in [6, 6.07) is 6.35. The van der Waals surface area contributed by atoms with Gasteiger partial charge in [-0.1, -0.05) is 96.5 Å². The Bertz CT molecular complexity index is 557. The molecule has 0 saturated carbocycles. The van der Waals surface area contributed by atoms with Gasteiger partial charge in [0.2, 0.25) is 5.91 Å². The molecular weight excluding hydrogens is 350 g/mol. The lowest BCUT2D eigenvalue weighted by Gasteiger charge is -2.06. The fourth-order valence-corrected chi connectivity index (χ4v) is 3.34. The minimum atomic E-state index is -0.540. The number of primary amides is 1. The van der Waals surface area contributed by atoms with Crippen molar-refractivity contribution >= 4 is 11.9 Å². The first-order valence-corrected chi connectivity index (χ1v) is 11.2. The van der Waals surface area contributed by atoms with Gasteiger partial charge in [-0.2, -0.15) is 0 Å². The minimum absolute atomic E-state index is 0.325. The molecule has 1 aromatic rings. The highest BCUT2D eigenvalue weighted by molar-refractivity contribution is 5.97. The van der Waals surface area contributed by atoms with Gasteiger partial charge in [0, 0.05) is 5.56 Å². The third kappa shape index (κ3) is 11.8. The first-order chi connectivity index (χ1) is 13.6. The van der Waals surface area contributed by atoms with Gasteiger partial charge in [-0.05, 0) is 24.6 Å². The van der Waals surface area contributed by atoms with E-state index in [1.54, 1.807) is 18.2 Å². The number of hydrogen-bond donors (Lipinski definition) is 1. The highest BCUT2D eigenvalue weighted by atomic mass is 16.5. The van der Waals surface area contributed by atoms with Crippen LogP contribution in [0.25, 0.3) is 0 Å². The maximum absolute atomic E-state index is 12.0. The Kier molecular flexibility index (Phi) is 14.0. The quantitative estimate of drug-likeness (QED) is 0.247. The van der Waals surface area contributed by atoms with Crippen LogP contribution in [0.2, 0.25) is 0 Å². The molecule has 28 heavy (non-hydrogen) atoms. The molecule has 1 amide bonds. The molecule has 0 atom stereocenters. The average molecular weight is 390 g/mol. The summed E-state index contributed by atoms with van der Waals surface area (Å²) in [7, 11) is 0. The largest absolute Gasteiger partial charge is 0.462 e. The van der Waals surface area contributed by atoms with Gasteiger partial charge in [0.25, 0.3) is 0 Å². The predicted octanol–water partition coefficient (Wildman–Crippen LogP) is 6.42. The van der Waals surface area contributed by atoms with Crippen LogP contribution in [0.3, 0.4) is 0 Å². The molecule has 0 aromatic heterocycles. The molecule has 2 N–H and O–H groups in total. The Morgan fingerprint density at radius 3 is 1.71 bits per heavy atom. The molecule has 0 aliphatic rings. The Hall–Kier alpha value is -1.84. The van der Waals surface area contributed by atoms with Crippen molar-refractivity contribution in [3.63, 3.8) is 0 Å². The van der Waals surface area contributed by atoms with Crippen LogP contribution in [-0.4, -0.2) is 18.5 Å². The molecule has 4 nitrogen and oxygen atoms in total. The van der Waals surface area contributed by atoms with Crippen LogP contribution < -0.4 is 5.73 Å². The molecule has 0 unspecified atom stereocenters. The molecule has 1 rings (SSSR count). The molecule has 1 aromatic carbocycles. The van der Waals surface area contributed by atoms with E-state index in [9.17, 15) is 9.59 Å². The van der Waals surface area contributed by atoms with Crippen LogP contribution in [0.1, 0.15) is 118 Å². The summed E-state index contributed by atoms with van der Waals surface area (Å²) >= 11 is 0. The Labute approximate surface area is 171 Å². The Morgan fingerprint density at radius 1 is 0.750 bits per heavy atom. The second-order valence-corrected chi connectivity index (χ2v) is 7.68. The number of unbranched alkanes of at least 4 members (excludes halogenated alkanes) is 13. The molecule has 0 radical (unpaired) electrons. The van der Waals surface area contributed by atoms with Gasteiger partial charge in [0.05, 0.1) is 12.2 Å². The van der Waals surface area contributed by atoms with Crippen molar-refractivity contribution in [2.45, 2.75) is 96.8 Å². The van der Waals surface area contributed by atoms with Gasteiger partial charge in [0.15, 0.2) is 0 Å². The summed E-state index contributed by atoms with van der Waals surface area (Å²) in [6.45, 7) is 2.69. The number of carbonyl (C=O) groups excluding carboxylic acids is 2. The topological polar surface area (TPSA) is 69.4 Å². The molecule has 0 heterocycles. The van der Waals surface area contributed by atoms with Gasteiger partial charge in [-0.15, -0.1) is 0 Å². The summed E-state index contributed by atoms with van der Waals surface area (Å²) < 4.78 is 5.28. The number of benzene rings is 1. The first kappa shape index (κ1) is 24.2. The summed E-state index contributed by atoms with van der Waals surface area (Å²) in [5, 5.41) is 0. The molecule has 0 spiro atoms. The molecule has 158 valence electrons. The van der Waals surface area contributed by atoms with E-state index >= 15 is 0 Å². The second kappa shape index (κ2) is 16.1. The molecule has 0 aliphatic carbocycles. The number of carbonyl (C=O) groups is 2. The number of hydrogen-bond acceptors (Lipinski definition) is 3. The fraction of sp³-hybridized carbons (Fsp3) is 0.667. The summed E-state index contributed by atoms with van der Waals surface area (Å²) in [4.78, 5) is 23.1. The minimum Gasteiger partial charge on any atom is -0.462 e. The molecule has 4 heteroatoms. The van der Waals surface area contributed by atoms with E-state index in [0.717, 1.165) is 12.8 Å². The predicted molar refractivity (Wildman–Crippen MR) is 116 cm³/mol. The zero-order valence-corrected chi connectivity index (χ0v) is 17.7. The van der Waals surface area contributed by atoms with Gasteiger partial charge < -0.3 is 10.5 Å².